The third-order valence-corrected chi connectivity index (χ3v) is 2.93. The average molecular weight is 278 g/mol. The first kappa shape index (κ1) is 16.7. The maximum atomic E-state index is 12.0. The summed E-state index contributed by atoms with van der Waals surface area (Å²) in [6.45, 7) is 5.21. The molecule has 0 fully saturated rings. The summed E-state index contributed by atoms with van der Waals surface area (Å²) in [6.07, 6.45) is 0.213. The number of nitrogens with zero attached hydrogens (tertiary/aromatic N) is 1. The van der Waals surface area contributed by atoms with Crippen LogP contribution in [0.5, 0.6) is 0 Å². The predicted molar refractivity (Wildman–Crippen MR) is 81.6 cm³/mol. The molecule has 1 rings (SSSR count). The standard InChI is InChI=1S/C16H26N2O2/c1-12(2)8-15(19)10-17-16(20)14-7-5-6-13(9-14)11-18(3)4/h5-7,9,12,15,19H,8,10-11H2,1-4H3,(H,17,20). The Labute approximate surface area is 121 Å². The fraction of sp³-hybridized carbons (Fsp3) is 0.562. The Morgan fingerprint density at radius 1 is 1.35 bits per heavy atom. The number of aliphatic hydroxyl groups excluding tert-OH is 1. The zero-order valence-corrected chi connectivity index (χ0v) is 12.9. The van der Waals surface area contributed by atoms with Gasteiger partial charge in [-0.3, -0.25) is 4.79 Å². The number of carbonyl (C=O) groups excluding carboxylic acids is 1. The third kappa shape index (κ3) is 6.17. The van der Waals surface area contributed by atoms with Crippen LogP contribution in [0.25, 0.3) is 0 Å². The number of nitrogens with one attached hydrogen (secondary N) is 1. The quantitative estimate of drug-likeness (QED) is 0.801. The summed E-state index contributed by atoms with van der Waals surface area (Å²) in [7, 11) is 3.99. The molecule has 0 aliphatic rings. The van der Waals surface area contributed by atoms with Crippen LogP contribution < -0.4 is 5.32 Å². The van der Waals surface area contributed by atoms with E-state index < -0.39 is 6.10 Å². The molecule has 0 bridgehead atoms. The Bertz CT molecular complexity index is 430. The molecule has 0 aliphatic heterocycles. The molecule has 0 aromatic heterocycles. The molecule has 1 unspecified atom stereocenters. The van der Waals surface area contributed by atoms with Crippen LogP contribution in [-0.4, -0.2) is 42.7 Å². The summed E-state index contributed by atoms with van der Waals surface area (Å²) in [5, 5.41) is 12.5. The molecule has 0 saturated carbocycles. The molecule has 1 aromatic carbocycles. The van der Waals surface area contributed by atoms with E-state index >= 15 is 0 Å². The normalized spacial score (nSPS) is 12.8. The maximum absolute atomic E-state index is 12.0. The minimum atomic E-state index is -0.482. The lowest BCUT2D eigenvalue weighted by molar-refractivity contribution is 0.0900. The smallest absolute Gasteiger partial charge is 0.251 e. The number of hydrogen-bond acceptors (Lipinski definition) is 3. The first-order valence-corrected chi connectivity index (χ1v) is 7.08. The summed E-state index contributed by atoms with van der Waals surface area (Å²) in [6, 6.07) is 7.58. The molecular formula is C16H26N2O2. The molecule has 1 amide bonds. The van der Waals surface area contributed by atoms with E-state index in [1.165, 1.54) is 0 Å². The van der Waals surface area contributed by atoms with E-state index in [0.717, 1.165) is 12.1 Å². The molecule has 4 nitrogen and oxygen atoms in total. The van der Waals surface area contributed by atoms with Crippen molar-refractivity contribution < 1.29 is 9.90 Å². The van der Waals surface area contributed by atoms with E-state index in [4.69, 9.17) is 0 Å². The van der Waals surface area contributed by atoms with Crippen LogP contribution in [-0.2, 0) is 6.54 Å². The van der Waals surface area contributed by atoms with E-state index in [9.17, 15) is 9.90 Å². The van der Waals surface area contributed by atoms with Crippen LogP contribution in [0.3, 0.4) is 0 Å². The fourth-order valence-electron chi connectivity index (χ4n) is 2.12. The van der Waals surface area contributed by atoms with E-state index in [1.807, 2.05) is 32.3 Å². The summed E-state index contributed by atoms with van der Waals surface area (Å²) < 4.78 is 0. The number of hydrogen-bond donors (Lipinski definition) is 2. The first-order valence-electron chi connectivity index (χ1n) is 7.08. The van der Waals surface area contributed by atoms with Crippen molar-refractivity contribution in [3.05, 3.63) is 35.4 Å². The van der Waals surface area contributed by atoms with Crippen molar-refractivity contribution in [2.24, 2.45) is 5.92 Å². The summed E-state index contributed by atoms with van der Waals surface area (Å²) in [5.41, 5.74) is 1.74. The van der Waals surface area contributed by atoms with Crippen LogP contribution in [0.15, 0.2) is 24.3 Å². The Kier molecular flexibility index (Phi) is 6.68. The van der Waals surface area contributed by atoms with Gasteiger partial charge in [0.05, 0.1) is 6.10 Å². The van der Waals surface area contributed by atoms with Gasteiger partial charge >= 0.3 is 0 Å². The van der Waals surface area contributed by atoms with Gasteiger partial charge in [0.1, 0.15) is 0 Å². The van der Waals surface area contributed by atoms with Gasteiger partial charge in [-0.05, 0) is 44.1 Å². The summed E-state index contributed by atoms with van der Waals surface area (Å²) in [5.74, 6) is 0.290. The molecule has 0 heterocycles. The van der Waals surface area contributed by atoms with Gasteiger partial charge in [-0.15, -0.1) is 0 Å². The number of benzene rings is 1. The topological polar surface area (TPSA) is 52.6 Å². The highest BCUT2D eigenvalue weighted by Gasteiger charge is 2.11. The van der Waals surface area contributed by atoms with Crippen molar-refractivity contribution in [3.8, 4) is 0 Å². The number of rotatable bonds is 7. The molecule has 20 heavy (non-hydrogen) atoms. The Morgan fingerprint density at radius 3 is 2.65 bits per heavy atom. The minimum Gasteiger partial charge on any atom is -0.391 e. The second-order valence-electron chi connectivity index (χ2n) is 5.93. The maximum Gasteiger partial charge on any atom is 0.251 e. The Morgan fingerprint density at radius 2 is 2.05 bits per heavy atom. The fourth-order valence-corrected chi connectivity index (χ4v) is 2.12. The lowest BCUT2D eigenvalue weighted by Crippen LogP contribution is -2.32. The number of amides is 1. The van der Waals surface area contributed by atoms with Crippen LogP contribution in [0.2, 0.25) is 0 Å². The van der Waals surface area contributed by atoms with Gasteiger partial charge in [0, 0.05) is 18.7 Å². The van der Waals surface area contributed by atoms with E-state index in [2.05, 4.69) is 24.1 Å². The molecule has 1 atom stereocenters. The average Bonchev–Trinajstić information content (AvgIpc) is 2.34. The van der Waals surface area contributed by atoms with Gasteiger partial charge < -0.3 is 15.3 Å². The summed E-state index contributed by atoms with van der Waals surface area (Å²) >= 11 is 0. The molecular weight excluding hydrogens is 252 g/mol. The molecule has 0 aliphatic carbocycles. The first-order chi connectivity index (χ1) is 9.38. The predicted octanol–water partition coefficient (Wildman–Crippen LogP) is 1.89. The molecule has 2 N–H and O–H groups in total. The highest BCUT2D eigenvalue weighted by atomic mass is 16.3. The highest BCUT2D eigenvalue weighted by molar-refractivity contribution is 5.94. The van der Waals surface area contributed by atoms with Crippen molar-refractivity contribution >= 4 is 5.91 Å². The molecule has 0 radical (unpaired) electrons. The van der Waals surface area contributed by atoms with Crippen LogP contribution in [0.1, 0.15) is 36.2 Å². The van der Waals surface area contributed by atoms with Crippen LogP contribution in [0.4, 0.5) is 0 Å². The van der Waals surface area contributed by atoms with Crippen LogP contribution in [0, 0.1) is 5.92 Å². The third-order valence-electron chi connectivity index (χ3n) is 2.93. The van der Waals surface area contributed by atoms with Gasteiger partial charge in [-0.25, -0.2) is 0 Å². The van der Waals surface area contributed by atoms with Crippen molar-refractivity contribution in [1.82, 2.24) is 10.2 Å². The van der Waals surface area contributed by atoms with Gasteiger partial charge in [-0.2, -0.15) is 0 Å². The highest BCUT2D eigenvalue weighted by Crippen LogP contribution is 2.08. The van der Waals surface area contributed by atoms with Crippen molar-refractivity contribution in [1.29, 1.82) is 0 Å². The monoisotopic (exact) mass is 278 g/mol. The molecule has 0 saturated heterocycles. The number of carbonyl (C=O) groups is 1. The molecule has 4 heteroatoms. The van der Waals surface area contributed by atoms with E-state index in [0.29, 0.717) is 24.4 Å². The Balaban J connectivity index is 2.55. The van der Waals surface area contributed by atoms with Gasteiger partial charge in [0.2, 0.25) is 0 Å². The second-order valence-corrected chi connectivity index (χ2v) is 5.93. The Hall–Kier alpha value is -1.39. The largest absolute Gasteiger partial charge is 0.391 e. The molecule has 112 valence electrons. The van der Waals surface area contributed by atoms with E-state index in [1.54, 1.807) is 6.07 Å². The molecule has 1 aromatic rings. The second kappa shape index (κ2) is 8.02. The lowest BCUT2D eigenvalue weighted by Gasteiger charge is -2.14. The van der Waals surface area contributed by atoms with Crippen molar-refractivity contribution in [2.45, 2.75) is 32.9 Å². The lowest BCUT2D eigenvalue weighted by atomic mass is 10.1. The van der Waals surface area contributed by atoms with Gasteiger partial charge in [0.25, 0.3) is 5.91 Å². The zero-order chi connectivity index (χ0) is 15.1. The molecule has 0 spiro atoms. The zero-order valence-electron chi connectivity index (χ0n) is 12.9. The van der Waals surface area contributed by atoms with E-state index in [-0.39, 0.29) is 5.91 Å². The van der Waals surface area contributed by atoms with Gasteiger partial charge in [0.15, 0.2) is 0 Å². The van der Waals surface area contributed by atoms with Crippen LogP contribution >= 0.6 is 0 Å². The van der Waals surface area contributed by atoms with Crippen molar-refractivity contribution in [3.63, 3.8) is 0 Å². The SMILES string of the molecule is CC(C)CC(O)CNC(=O)c1cccc(CN(C)C)c1. The summed E-state index contributed by atoms with van der Waals surface area (Å²) in [4.78, 5) is 14.1. The van der Waals surface area contributed by atoms with Gasteiger partial charge in [-0.1, -0.05) is 26.0 Å². The minimum absolute atomic E-state index is 0.131. The number of aliphatic hydroxyl groups is 1. The van der Waals surface area contributed by atoms with Crippen molar-refractivity contribution in [2.75, 3.05) is 20.6 Å².